The van der Waals surface area contributed by atoms with E-state index in [1.807, 2.05) is 7.05 Å². The van der Waals surface area contributed by atoms with Crippen LogP contribution in [0.5, 0.6) is 0 Å². The average molecular weight is 299 g/mol. The molecule has 1 N–H and O–H groups in total. The van der Waals surface area contributed by atoms with Crippen LogP contribution >= 0.6 is 15.9 Å². The highest BCUT2D eigenvalue weighted by Crippen LogP contribution is 2.25. The lowest BCUT2D eigenvalue weighted by Crippen LogP contribution is -2.25. The Morgan fingerprint density at radius 3 is 2.71 bits per heavy atom. The number of benzene rings is 1. The first-order valence-corrected chi connectivity index (χ1v) is 7.02. The smallest absolute Gasteiger partial charge is 0.0420 e. The van der Waals surface area contributed by atoms with Gasteiger partial charge in [0.1, 0.15) is 0 Å². The van der Waals surface area contributed by atoms with E-state index in [-0.39, 0.29) is 0 Å². The SMILES string of the molecule is CCC(C)CN(C)c1cc(Br)ccc1CNC. The number of hydrogen-bond acceptors (Lipinski definition) is 2. The van der Waals surface area contributed by atoms with Gasteiger partial charge in [-0.25, -0.2) is 0 Å². The van der Waals surface area contributed by atoms with E-state index in [2.05, 4.69) is 65.2 Å². The summed E-state index contributed by atoms with van der Waals surface area (Å²) in [5.41, 5.74) is 2.66. The fourth-order valence-corrected chi connectivity index (χ4v) is 2.28. The molecule has 1 rings (SSSR count). The molecule has 0 aliphatic carbocycles. The quantitative estimate of drug-likeness (QED) is 0.862. The maximum atomic E-state index is 3.55. The van der Waals surface area contributed by atoms with Gasteiger partial charge in [0.2, 0.25) is 0 Å². The highest BCUT2D eigenvalue weighted by molar-refractivity contribution is 9.10. The van der Waals surface area contributed by atoms with E-state index in [1.54, 1.807) is 0 Å². The third kappa shape index (κ3) is 4.32. The summed E-state index contributed by atoms with van der Waals surface area (Å²) < 4.78 is 1.14. The van der Waals surface area contributed by atoms with Gasteiger partial charge in [0, 0.05) is 30.3 Å². The molecule has 0 aromatic heterocycles. The Balaban J connectivity index is 2.89. The van der Waals surface area contributed by atoms with Gasteiger partial charge < -0.3 is 10.2 Å². The van der Waals surface area contributed by atoms with Crippen LogP contribution in [0.4, 0.5) is 5.69 Å². The minimum Gasteiger partial charge on any atom is -0.374 e. The van der Waals surface area contributed by atoms with Gasteiger partial charge in [0.15, 0.2) is 0 Å². The van der Waals surface area contributed by atoms with Crippen molar-refractivity contribution in [3.8, 4) is 0 Å². The predicted molar refractivity (Wildman–Crippen MR) is 79.6 cm³/mol. The Bertz CT molecular complexity index is 352. The Labute approximate surface area is 114 Å². The minimum atomic E-state index is 0.724. The van der Waals surface area contributed by atoms with Crippen LogP contribution in [0.2, 0.25) is 0 Å². The summed E-state index contributed by atoms with van der Waals surface area (Å²) in [6.45, 7) is 6.55. The number of rotatable bonds is 6. The first-order valence-electron chi connectivity index (χ1n) is 6.22. The van der Waals surface area contributed by atoms with Gasteiger partial charge in [-0.15, -0.1) is 0 Å². The van der Waals surface area contributed by atoms with Crippen molar-refractivity contribution < 1.29 is 0 Å². The molecule has 0 saturated carbocycles. The number of nitrogens with one attached hydrogen (secondary N) is 1. The standard InChI is InChI=1S/C14H23BrN2/c1-5-11(2)10-17(4)14-8-13(15)7-6-12(14)9-16-3/h6-8,11,16H,5,9-10H2,1-4H3. The van der Waals surface area contributed by atoms with Crippen molar-refractivity contribution in [2.24, 2.45) is 5.92 Å². The van der Waals surface area contributed by atoms with E-state index in [1.165, 1.54) is 17.7 Å². The van der Waals surface area contributed by atoms with Crippen molar-refractivity contribution in [2.75, 3.05) is 25.5 Å². The van der Waals surface area contributed by atoms with Crippen LogP contribution in [-0.4, -0.2) is 20.6 Å². The topological polar surface area (TPSA) is 15.3 Å². The molecule has 1 unspecified atom stereocenters. The second-order valence-corrected chi connectivity index (χ2v) is 5.61. The van der Waals surface area contributed by atoms with Crippen LogP contribution in [-0.2, 0) is 6.54 Å². The lowest BCUT2D eigenvalue weighted by atomic mass is 10.1. The van der Waals surface area contributed by atoms with Gasteiger partial charge in [0.05, 0.1) is 0 Å². The highest BCUT2D eigenvalue weighted by Gasteiger charge is 2.10. The molecule has 0 heterocycles. The zero-order valence-corrected chi connectivity index (χ0v) is 12.8. The van der Waals surface area contributed by atoms with Gasteiger partial charge in [-0.05, 0) is 30.7 Å². The molecule has 17 heavy (non-hydrogen) atoms. The van der Waals surface area contributed by atoms with Gasteiger partial charge in [0.25, 0.3) is 0 Å². The van der Waals surface area contributed by atoms with Crippen molar-refractivity contribution in [1.82, 2.24) is 5.32 Å². The largest absolute Gasteiger partial charge is 0.374 e. The fourth-order valence-electron chi connectivity index (χ4n) is 1.93. The van der Waals surface area contributed by atoms with E-state index in [9.17, 15) is 0 Å². The first kappa shape index (κ1) is 14.5. The normalized spacial score (nSPS) is 12.5. The van der Waals surface area contributed by atoms with Crippen molar-refractivity contribution in [3.63, 3.8) is 0 Å². The summed E-state index contributed by atoms with van der Waals surface area (Å²) in [4.78, 5) is 2.35. The molecule has 1 aromatic rings. The number of hydrogen-bond donors (Lipinski definition) is 1. The first-order chi connectivity index (χ1) is 8.08. The zero-order chi connectivity index (χ0) is 12.8. The summed E-state index contributed by atoms with van der Waals surface area (Å²) in [7, 11) is 4.16. The van der Waals surface area contributed by atoms with E-state index in [0.29, 0.717) is 0 Å². The van der Waals surface area contributed by atoms with Crippen LogP contribution < -0.4 is 10.2 Å². The highest BCUT2D eigenvalue weighted by atomic mass is 79.9. The van der Waals surface area contributed by atoms with E-state index >= 15 is 0 Å². The van der Waals surface area contributed by atoms with Gasteiger partial charge >= 0.3 is 0 Å². The maximum absolute atomic E-state index is 3.55. The van der Waals surface area contributed by atoms with Crippen LogP contribution in [0, 0.1) is 5.92 Å². The van der Waals surface area contributed by atoms with E-state index in [0.717, 1.165) is 23.5 Å². The molecular weight excluding hydrogens is 276 g/mol. The Morgan fingerprint density at radius 2 is 2.12 bits per heavy atom. The lowest BCUT2D eigenvalue weighted by molar-refractivity contribution is 0.559. The van der Waals surface area contributed by atoms with Crippen LogP contribution in [0.3, 0.4) is 0 Å². The van der Waals surface area contributed by atoms with Crippen molar-refractivity contribution >= 4 is 21.6 Å². The molecular formula is C14H23BrN2. The average Bonchev–Trinajstić information content (AvgIpc) is 2.31. The monoisotopic (exact) mass is 298 g/mol. The molecule has 1 atom stereocenters. The molecule has 0 spiro atoms. The molecule has 2 nitrogen and oxygen atoms in total. The molecule has 96 valence electrons. The van der Waals surface area contributed by atoms with Gasteiger partial charge in [-0.3, -0.25) is 0 Å². The minimum absolute atomic E-state index is 0.724. The number of halogens is 1. The van der Waals surface area contributed by atoms with E-state index < -0.39 is 0 Å². The molecule has 0 amide bonds. The van der Waals surface area contributed by atoms with Gasteiger partial charge in [-0.1, -0.05) is 42.3 Å². The van der Waals surface area contributed by atoms with Crippen LogP contribution in [0.1, 0.15) is 25.8 Å². The summed E-state index contributed by atoms with van der Waals surface area (Å²) in [5, 5.41) is 3.22. The maximum Gasteiger partial charge on any atom is 0.0420 e. The second-order valence-electron chi connectivity index (χ2n) is 4.70. The molecule has 3 heteroatoms. The summed E-state index contributed by atoms with van der Waals surface area (Å²) in [6, 6.07) is 6.49. The summed E-state index contributed by atoms with van der Waals surface area (Å²) >= 11 is 3.55. The third-order valence-electron chi connectivity index (χ3n) is 3.11. The molecule has 0 aliphatic rings. The van der Waals surface area contributed by atoms with Crippen LogP contribution in [0.15, 0.2) is 22.7 Å². The molecule has 0 aliphatic heterocycles. The van der Waals surface area contributed by atoms with Crippen molar-refractivity contribution in [1.29, 1.82) is 0 Å². The third-order valence-corrected chi connectivity index (χ3v) is 3.60. The Morgan fingerprint density at radius 1 is 1.41 bits per heavy atom. The van der Waals surface area contributed by atoms with E-state index in [4.69, 9.17) is 0 Å². The Hall–Kier alpha value is -0.540. The number of nitrogens with zero attached hydrogens (tertiary/aromatic N) is 1. The summed E-state index contributed by atoms with van der Waals surface area (Å²) in [5.74, 6) is 0.724. The van der Waals surface area contributed by atoms with Crippen molar-refractivity contribution in [2.45, 2.75) is 26.8 Å². The van der Waals surface area contributed by atoms with Crippen LogP contribution in [0.25, 0.3) is 0 Å². The molecule has 1 aromatic carbocycles. The second kappa shape index (κ2) is 7.02. The molecule has 0 radical (unpaired) electrons. The van der Waals surface area contributed by atoms with Gasteiger partial charge in [-0.2, -0.15) is 0 Å². The lowest BCUT2D eigenvalue weighted by Gasteiger charge is -2.25. The zero-order valence-electron chi connectivity index (χ0n) is 11.3. The fraction of sp³-hybridized carbons (Fsp3) is 0.571. The summed E-state index contributed by atoms with van der Waals surface area (Å²) in [6.07, 6.45) is 1.22. The Kier molecular flexibility index (Phi) is 6.00. The molecule has 0 saturated heterocycles. The van der Waals surface area contributed by atoms with Crippen molar-refractivity contribution in [3.05, 3.63) is 28.2 Å². The predicted octanol–water partition coefficient (Wildman–Crippen LogP) is 3.65. The molecule has 0 fully saturated rings. The molecule has 0 bridgehead atoms. The number of anilines is 1.